The van der Waals surface area contributed by atoms with Crippen molar-refractivity contribution < 1.29 is 38.8 Å². The van der Waals surface area contributed by atoms with Crippen LogP contribution in [0.4, 0.5) is 0 Å². The number of halogens is 2. The topological polar surface area (TPSA) is 148 Å². The molecule has 5 aromatic carbocycles. The second kappa shape index (κ2) is 19.2. The Labute approximate surface area is 363 Å². The Bertz CT molecular complexity index is 2550. The molecule has 2 unspecified atom stereocenters. The number of aryl methyl sites for hydroxylation is 1. The van der Waals surface area contributed by atoms with E-state index in [-0.39, 0.29) is 43.1 Å². The van der Waals surface area contributed by atoms with Crippen LogP contribution in [0.5, 0.6) is 23.0 Å². The van der Waals surface area contributed by atoms with Crippen LogP contribution in [0.1, 0.15) is 55.5 Å². The highest BCUT2D eigenvalue weighted by atomic mass is 35.5. The van der Waals surface area contributed by atoms with Crippen molar-refractivity contribution in [3.63, 3.8) is 0 Å². The molecule has 1 aromatic heterocycles. The van der Waals surface area contributed by atoms with Crippen molar-refractivity contribution in [3.8, 4) is 34.1 Å². The third kappa shape index (κ3) is 10.1. The van der Waals surface area contributed by atoms with Crippen LogP contribution in [0.2, 0.25) is 10.0 Å². The lowest BCUT2D eigenvalue weighted by atomic mass is 9.91. The van der Waals surface area contributed by atoms with Gasteiger partial charge in [0.25, 0.3) is 12.4 Å². The first-order valence-electron chi connectivity index (χ1n) is 19.6. The highest BCUT2D eigenvalue weighted by Gasteiger charge is 2.37. The number of benzene rings is 5. The highest BCUT2D eigenvalue weighted by molar-refractivity contribution is 6.42. The number of phenols is 1. The lowest BCUT2D eigenvalue weighted by Crippen LogP contribution is -2.52. The van der Waals surface area contributed by atoms with E-state index in [1.54, 1.807) is 29.2 Å². The highest BCUT2D eigenvalue weighted by Crippen LogP contribution is 2.41. The van der Waals surface area contributed by atoms with E-state index < -0.39 is 6.04 Å². The lowest BCUT2D eigenvalue weighted by Gasteiger charge is -2.37. The van der Waals surface area contributed by atoms with Crippen LogP contribution in [0.25, 0.3) is 11.1 Å². The number of hydrogen-bond donors (Lipinski definition) is 3. The molecule has 11 nitrogen and oxygen atoms in total. The van der Waals surface area contributed by atoms with Gasteiger partial charge in [-0.1, -0.05) is 71.7 Å². The number of carboxylic acid groups (broad SMARTS) is 1. The summed E-state index contributed by atoms with van der Waals surface area (Å²) in [5.41, 5.74) is 9.37. The van der Waals surface area contributed by atoms with Gasteiger partial charge in [-0.3, -0.25) is 19.4 Å². The summed E-state index contributed by atoms with van der Waals surface area (Å²) in [6.07, 6.45) is 2.36. The molecule has 3 heterocycles. The van der Waals surface area contributed by atoms with Gasteiger partial charge >= 0.3 is 0 Å². The number of amides is 2. The molecule has 312 valence electrons. The number of rotatable bonds is 10. The van der Waals surface area contributed by atoms with Crippen molar-refractivity contribution in [2.24, 2.45) is 0 Å². The van der Waals surface area contributed by atoms with E-state index in [1.807, 2.05) is 61.7 Å². The molecular weight excluding hydrogens is 817 g/mol. The lowest BCUT2D eigenvalue weighted by molar-refractivity contribution is -0.126. The van der Waals surface area contributed by atoms with Crippen LogP contribution < -0.4 is 19.5 Å². The molecule has 2 amide bonds. The number of nitrogens with one attached hydrogen (secondary N) is 1. The fraction of sp³-hybridized carbons (Fsp3) is 0.208. The van der Waals surface area contributed by atoms with Crippen LogP contribution >= 0.6 is 23.2 Å². The predicted octanol–water partition coefficient (Wildman–Crippen LogP) is 9.10. The average Bonchev–Trinajstić information content (AvgIpc) is 3.27. The van der Waals surface area contributed by atoms with Crippen LogP contribution in [0.15, 0.2) is 115 Å². The summed E-state index contributed by atoms with van der Waals surface area (Å²) in [6, 6.07) is 32.7. The molecule has 2 atom stereocenters. The largest absolute Gasteiger partial charge is 0.508 e. The first-order valence-corrected chi connectivity index (χ1v) is 20.4. The molecule has 61 heavy (non-hydrogen) atoms. The quantitative estimate of drug-likeness (QED) is 0.115. The Morgan fingerprint density at radius 1 is 0.902 bits per heavy atom. The summed E-state index contributed by atoms with van der Waals surface area (Å²) in [5.74, 6) is 1.20. The molecule has 0 aliphatic carbocycles. The Hall–Kier alpha value is -6.56. The molecule has 2 aliphatic heterocycles. The number of hydrogen-bond acceptors (Lipinski definition) is 8. The summed E-state index contributed by atoms with van der Waals surface area (Å²) in [4.78, 5) is 42.3. The van der Waals surface area contributed by atoms with Gasteiger partial charge in [0.2, 0.25) is 5.91 Å². The van der Waals surface area contributed by atoms with Gasteiger partial charge in [-0.05, 0) is 125 Å². The number of carbonyl (C=O) groups is 3. The molecule has 6 aromatic rings. The van der Waals surface area contributed by atoms with Crippen molar-refractivity contribution in [1.29, 1.82) is 0 Å². The average molecular weight is 861 g/mol. The maximum atomic E-state index is 14.0. The van der Waals surface area contributed by atoms with Crippen molar-refractivity contribution in [2.45, 2.75) is 52.0 Å². The smallest absolute Gasteiger partial charge is 0.290 e. The minimum absolute atomic E-state index is 0.0266. The summed E-state index contributed by atoms with van der Waals surface area (Å²) < 4.78 is 18.7. The van der Waals surface area contributed by atoms with E-state index in [1.165, 1.54) is 12.1 Å². The van der Waals surface area contributed by atoms with Crippen LogP contribution in [-0.4, -0.2) is 57.6 Å². The molecular formula is C48H43Cl2N3O8. The zero-order chi connectivity index (χ0) is 43.0. The van der Waals surface area contributed by atoms with Crippen LogP contribution in [-0.2, 0) is 35.6 Å². The summed E-state index contributed by atoms with van der Waals surface area (Å²) >= 11 is 12.2. The van der Waals surface area contributed by atoms with E-state index in [0.29, 0.717) is 59.0 Å². The second-order valence-electron chi connectivity index (χ2n) is 14.7. The number of nitrogens with zero attached hydrogens (tertiary/aromatic N) is 2. The normalized spacial score (nSPS) is 15.1. The minimum atomic E-state index is -0.782. The minimum Gasteiger partial charge on any atom is -0.508 e. The van der Waals surface area contributed by atoms with E-state index >= 15 is 0 Å². The summed E-state index contributed by atoms with van der Waals surface area (Å²) in [5, 5.41) is 21.1. The van der Waals surface area contributed by atoms with Gasteiger partial charge in [0.15, 0.2) is 17.6 Å². The second-order valence-corrected chi connectivity index (χ2v) is 15.5. The fourth-order valence-electron chi connectivity index (χ4n) is 7.39. The Morgan fingerprint density at radius 2 is 1.64 bits per heavy atom. The number of ether oxygens (including phenoxy) is 3. The van der Waals surface area contributed by atoms with E-state index in [9.17, 15) is 14.7 Å². The Morgan fingerprint density at radius 3 is 2.38 bits per heavy atom. The van der Waals surface area contributed by atoms with Crippen molar-refractivity contribution in [3.05, 3.63) is 170 Å². The number of carbonyl (C=O) groups excluding carboxylic acids is 2. The third-order valence-corrected chi connectivity index (χ3v) is 11.5. The Balaban J connectivity index is 0.00000182. The number of fused-ring (bicyclic) bond motifs is 2. The third-order valence-electron chi connectivity index (χ3n) is 10.8. The number of aromatic nitrogens is 1. The van der Waals surface area contributed by atoms with Crippen LogP contribution in [0.3, 0.4) is 0 Å². The zero-order valence-corrected chi connectivity index (χ0v) is 35.0. The molecule has 0 spiro atoms. The van der Waals surface area contributed by atoms with Gasteiger partial charge in [-0.25, -0.2) is 0 Å². The molecule has 0 fully saturated rings. The van der Waals surface area contributed by atoms with Crippen molar-refractivity contribution >= 4 is 41.5 Å². The standard InChI is InChI=1S/C47H41Cl2N3O6.CH2O2/c1-28-29(2)50-19-17-39(28)32-9-6-30(7-10-32)16-18-51-46(54)42-22-35-23-43-44(24-36(35)25-52(42)47(55)34-4-3-5-37(53)21-34)58-45(27-57-43)33-11-13-38(14-12-33)56-26-31-8-15-40(48)41(49)20-31;2-1-3/h3-15,17,19-21,23-24,42,45,53H,16,18,22,25-27H2,1-2H3,(H,51,54);1H,(H,2,3). The van der Waals surface area contributed by atoms with Gasteiger partial charge in [0.1, 0.15) is 30.8 Å². The summed E-state index contributed by atoms with van der Waals surface area (Å²) in [7, 11) is 0. The number of aromatic hydroxyl groups is 1. The molecule has 0 bridgehead atoms. The number of pyridine rings is 1. The van der Waals surface area contributed by atoms with Crippen molar-refractivity contribution in [1.82, 2.24) is 15.2 Å². The Kier molecular flexibility index (Phi) is 13.4. The maximum Gasteiger partial charge on any atom is 0.290 e. The zero-order valence-electron chi connectivity index (χ0n) is 33.4. The fourth-order valence-corrected chi connectivity index (χ4v) is 7.72. The van der Waals surface area contributed by atoms with E-state index in [0.717, 1.165) is 50.2 Å². The summed E-state index contributed by atoms with van der Waals surface area (Å²) in [6.45, 7) is 5.04. The molecule has 0 radical (unpaired) electrons. The van der Waals surface area contributed by atoms with Gasteiger partial charge in [0.05, 0.1) is 10.0 Å². The molecule has 13 heteroatoms. The first-order chi connectivity index (χ1) is 29.5. The van der Waals surface area contributed by atoms with Gasteiger partial charge < -0.3 is 34.6 Å². The SMILES string of the molecule is Cc1nccc(-c2ccc(CCNC(=O)C3Cc4cc5c(cc4CN3C(=O)c3cccc(O)c3)OC(c3ccc(OCc4ccc(Cl)c(Cl)c4)cc3)CO5)cc2)c1C.O=CO. The molecule has 3 N–H and O–H groups in total. The van der Waals surface area contributed by atoms with Gasteiger partial charge in [0, 0.05) is 37.0 Å². The van der Waals surface area contributed by atoms with Crippen LogP contribution in [0, 0.1) is 13.8 Å². The van der Waals surface area contributed by atoms with E-state index in [4.69, 9.17) is 47.3 Å². The predicted molar refractivity (Wildman–Crippen MR) is 233 cm³/mol. The molecule has 0 saturated heterocycles. The van der Waals surface area contributed by atoms with E-state index in [2.05, 4.69) is 41.5 Å². The molecule has 2 aliphatic rings. The van der Waals surface area contributed by atoms with Gasteiger partial charge in [-0.15, -0.1) is 0 Å². The molecule has 0 saturated carbocycles. The molecule has 8 rings (SSSR count). The van der Waals surface area contributed by atoms with Crippen molar-refractivity contribution in [2.75, 3.05) is 13.2 Å². The first kappa shape index (κ1) is 42.6. The number of phenolic OH excluding ortho intramolecular Hbond substituents is 1. The maximum absolute atomic E-state index is 14.0. The van der Waals surface area contributed by atoms with Gasteiger partial charge in [-0.2, -0.15) is 0 Å². The monoisotopic (exact) mass is 859 g/mol.